The van der Waals surface area contributed by atoms with Crippen molar-refractivity contribution in [3.8, 4) is 0 Å². The molecule has 1 aromatic heterocycles. The largest absolute Gasteiger partial charge is 0.464 e. The number of ether oxygens (including phenoxy) is 1. The Bertz CT molecular complexity index is 766. The summed E-state index contributed by atoms with van der Waals surface area (Å²) >= 11 is 6.26. The summed E-state index contributed by atoms with van der Waals surface area (Å²) in [6.07, 6.45) is 3.43. The number of anilines is 1. The number of amides is 1. The van der Waals surface area contributed by atoms with Gasteiger partial charge < -0.3 is 15.0 Å². The first-order chi connectivity index (χ1) is 11.6. The maximum atomic E-state index is 12.4. The van der Waals surface area contributed by atoms with Crippen molar-refractivity contribution in [1.29, 1.82) is 0 Å². The van der Waals surface area contributed by atoms with E-state index in [1.165, 1.54) is 13.5 Å². The van der Waals surface area contributed by atoms with Gasteiger partial charge in [-0.2, -0.15) is 0 Å². The van der Waals surface area contributed by atoms with Crippen LogP contribution in [-0.4, -0.2) is 48.5 Å². The molecule has 1 amide bonds. The van der Waals surface area contributed by atoms with Crippen molar-refractivity contribution in [2.45, 2.75) is 19.3 Å². The lowest BCUT2D eigenvalue weighted by atomic mass is 10.1. The van der Waals surface area contributed by atoms with Crippen LogP contribution >= 0.6 is 11.6 Å². The van der Waals surface area contributed by atoms with E-state index in [1.54, 1.807) is 18.2 Å². The van der Waals surface area contributed by atoms with Crippen LogP contribution in [0.15, 0.2) is 18.2 Å². The Morgan fingerprint density at radius 3 is 2.75 bits per heavy atom. The van der Waals surface area contributed by atoms with Crippen molar-refractivity contribution in [3.05, 3.63) is 28.9 Å². The first-order valence-electron chi connectivity index (χ1n) is 8.01. The van der Waals surface area contributed by atoms with Crippen LogP contribution in [0.5, 0.6) is 0 Å². The summed E-state index contributed by atoms with van der Waals surface area (Å²) in [7, 11) is 1.30. The SMILES string of the molecule is COC(=O)c1[nH]c2cccc(Cl)c2c1NC(=O)CN1CCCCC1. The van der Waals surface area contributed by atoms with E-state index < -0.39 is 5.97 Å². The quantitative estimate of drug-likeness (QED) is 0.832. The second-order valence-electron chi connectivity index (χ2n) is 5.91. The third kappa shape index (κ3) is 3.39. The average Bonchev–Trinajstić information content (AvgIpc) is 2.95. The molecule has 6 nitrogen and oxygen atoms in total. The van der Waals surface area contributed by atoms with Gasteiger partial charge in [0, 0.05) is 10.9 Å². The van der Waals surface area contributed by atoms with E-state index in [-0.39, 0.29) is 11.6 Å². The molecule has 1 aromatic carbocycles. The molecule has 0 saturated carbocycles. The van der Waals surface area contributed by atoms with Gasteiger partial charge in [0.05, 0.1) is 24.4 Å². The number of nitrogens with zero attached hydrogens (tertiary/aromatic N) is 1. The lowest BCUT2D eigenvalue weighted by Crippen LogP contribution is -2.37. The molecule has 3 rings (SSSR count). The first kappa shape index (κ1) is 16.8. The second-order valence-corrected chi connectivity index (χ2v) is 6.32. The van der Waals surface area contributed by atoms with E-state index in [9.17, 15) is 9.59 Å². The monoisotopic (exact) mass is 349 g/mol. The van der Waals surface area contributed by atoms with Crippen LogP contribution in [-0.2, 0) is 9.53 Å². The molecule has 0 aliphatic carbocycles. The average molecular weight is 350 g/mol. The molecule has 0 unspecified atom stereocenters. The molecule has 1 aliphatic rings. The highest BCUT2D eigenvalue weighted by Gasteiger charge is 2.23. The number of H-pyrrole nitrogens is 1. The molecular formula is C17H20ClN3O3. The molecule has 128 valence electrons. The zero-order valence-electron chi connectivity index (χ0n) is 13.5. The van der Waals surface area contributed by atoms with Crippen molar-refractivity contribution in [3.63, 3.8) is 0 Å². The van der Waals surface area contributed by atoms with Gasteiger partial charge in [0.2, 0.25) is 5.91 Å². The van der Waals surface area contributed by atoms with Gasteiger partial charge in [-0.25, -0.2) is 4.79 Å². The summed E-state index contributed by atoms with van der Waals surface area (Å²) in [5, 5.41) is 3.92. The molecule has 0 atom stereocenters. The molecule has 2 heterocycles. The van der Waals surface area contributed by atoms with Gasteiger partial charge in [-0.15, -0.1) is 0 Å². The lowest BCUT2D eigenvalue weighted by Gasteiger charge is -2.25. The third-order valence-corrected chi connectivity index (χ3v) is 4.56. The van der Waals surface area contributed by atoms with Crippen LogP contribution in [0.3, 0.4) is 0 Å². The summed E-state index contributed by atoms with van der Waals surface area (Å²) in [5.41, 5.74) is 1.26. The number of carbonyl (C=O) groups is 2. The summed E-state index contributed by atoms with van der Waals surface area (Å²) in [6, 6.07) is 5.30. The topological polar surface area (TPSA) is 74.4 Å². The summed E-state index contributed by atoms with van der Waals surface area (Å²) < 4.78 is 4.80. The Hall–Kier alpha value is -2.05. The molecule has 0 spiro atoms. The molecule has 24 heavy (non-hydrogen) atoms. The molecule has 7 heteroatoms. The van der Waals surface area contributed by atoms with Crippen LogP contribution in [0.25, 0.3) is 10.9 Å². The minimum absolute atomic E-state index is 0.164. The molecule has 1 aliphatic heterocycles. The maximum absolute atomic E-state index is 12.4. The van der Waals surface area contributed by atoms with Crippen molar-refractivity contribution in [1.82, 2.24) is 9.88 Å². The summed E-state index contributed by atoms with van der Waals surface area (Å²) in [5.74, 6) is -0.710. The van der Waals surface area contributed by atoms with Crippen LogP contribution in [0.4, 0.5) is 5.69 Å². The molecule has 0 bridgehead atoms. The standard InChI is InChI=1S/C17H20ClN3O3/c1-24-17(23)16-15(14-11(18)6-5-7-12(14)19-16)20-13(22)10-21-8-3-2-4-9-21/h5-7,19H,2-4,8-10H2,1H3,(H,20,22). The number of nitrogens with one attached hydrogen (secondary N) is 2. The van der Waals surface area contributed by atoms with Gasteiger partial charge >= 0.3 is 5.97 Å². The number of likely N-dealkylation sites (tertiary alicyclic amines) is 1. The van der Waals surface area contributed by atoms with Crippen molar-refractivity contribution in [2.75, 3.05) is 32.1 Å². The highest BCUT2D eigenvalue weighted by molar-refractivity contribution is 6.37. The van der Waals surface area contributed by atoms with E-state index in [4.69, 9.17) is 16.3 Å². The fraction of sp³-hybridized carbons (Fsp3) is 0.412. The highest BCUT2D eigenvalue weighted by Crippen LogP contribution is 2.34. The Kier molecular flexibility index (Phi) is 5.06. The van der Waals surface area contributed by atoms with Gasteiger partial charge in [-0.1, -0.05) is 24.1 Å². The molecule has 0 radical (unpaired) electrons. The van der Waals surface area contributed by atoms with Crippen molar-refractivity contribution >= 4 is 40.1 Å². The number of piperidine rings is 1. The van der Waals surface area contributed by atoms with E-state index in [1.807, 2.05) is 0 Å². The minimum atomic E-state index is -0.546. The number of rotatable bonds is 4. The molecule has 2 N–H and O–H groups in total. The lowest BCUT2D eigenvalue weighted by molar-refractivity contribution is -0.117. The van der Waals surface area contributed by atoms with Crippen LogP contribution in [0.2, 0.25) is 5.02 Å². The smallest absolute Gasteiger partial charge is 0.356 e. The molecular weight excluding hydrogens is 330 g/mol. The first-order valence-corrected chi connectivity index (χ1v) is 8.38. The van der Waals surface area contributed by atoms with E-state index >= 15 is 0 Å². The van der Waals surface area contributed by atoms with Crippen LogP contribution < -0.4 is 5.32 Å². The number of hydrogen-bond acceptors (Lipinski definition) is 4. The predicted octanol–water partition coefficient (Wildman–Crippen LogP) is 3.03. The third-order valence-electron chi connectivity index (χ3n) is 4.24. The van der Waals surface area contributed by atoms with Crippen LogP contribution in [0, 0.1) is 0 Å². The maximum Gasteiger partial charge on any atom is 0.356 e. The number of halogens is 1. The number of fused-ring (bicyclic) bond motifs is 1. The fourth-order valence-corrected chi connectivity index (χ4v) is 3.35. The Morgan fingerprint density at radius 1 is 1.29 bits per heavy atom. The zero-order valence-corrected chi connectivity index (χ0v) is 14.3. The number of esters is 1. The van der Waals surface area contributed by atoms with Gasteiger partial charge in [-0.3, -0.25) is 9.69 Å². The Morgan fingerprint density at radius 2 is 2.04 bits per heavy atom. The summed E-state index contributed by atoms with van der Waals surface area (Å²) in [6.45, 7) is 2.15. The Balaban J connectivity index is 1.89. The van der Waals surface area contributed by atoms with E-state index in [0.29, 0.717) is 28.2 Å². The molecule has 1 saturated heterocycles. The molecule has 2 aromatic rings. The van der Waals surface area contributed by atoms with Crippen molar-refractivity contribution in [2.24, 2.45) is 0 Å². The highest BCUT2D eigenvalue weighted by atomic mass is 35.5. The normalized spacial score (nSPS) is 15.4. The number of aromatic amines is 1. The van der Waals surface area contributed by atoms with Gasteiger partial charge in [0.15, 0.2) is 0 Å². The van der Waals surface area contributed by atoms with Gasteiger partial charge in [-0.05, 0) is 38.1 Å². The number of aromatic nitrogens is 1. The zero-order chi connectivity index (χ0) is 17.1. The predicted molar refractivity (Wildman–Crippen MR) is 93.6 cm³/mol. The minimum Gasteiger partial charge on any atom is -0.464 e. The number of hydrogen-bond donors (Lipinski definition) is 2. The van der Waals surface area contributed by atoms with E-state index in [0.717, 1.165) is 25.9 Å². The number of carbonyl (C=O) groups excluding carboxylic acids is 2. The summed E-state index contributed by atoms with van der Waals surface area (Å²) in [4.78, 5) is 29.6. The molecule has 1 fully saturated rings. The van der Waals surface area contributed by atoms with Gasteiger partial charge in [0.25, 0.3) is 0 Å². The second kappa shape index (κ2) is 7.23. The number of benzene rings is 1. The van der Waals surface area contributed by atoms with E-state index in [2.05, 4.69) is 15.2 Å². The number of methoxy groups -OCH3 is 1. The van der Waals surface area contributed by atoms with Crippen molar-refractivity contribution < 1.29 is 14.3 Å². The Labute approximate surface area is 145 Å². The van der Waals surface area contributed by atoms with Gasteiger partial charge in [0.1, 0.15) is 5.69 Å². The van der Waals surface area contributed by atoms with Crippen LogP contribution in [0.1, 0.15) is 29.8 Å². The fourth-order valence-electron chi connectivity index (χ4n) is 3.08.